The van der Waals surface area contributed by atoms with E-state index in [4.69, 9.17) is 5.73 Å². The van der Waals surface area contributed by atoms with Crippen molar-refractivity contribution < 1.29 is 0 Å². The summed E-state index contributed by atoms with van der Waals surface area (Å²) in [5.41, 5.74) is 9.54. The zero-order valence-corrected chi connectivity index (χ0v) is 10.7. The second-order valence-corrected chi connectivity index (χ2v) is 5.77. The first kappa shape index (κ1) is 11.2. The third-order valence-corrected chi connectivity index (χ3v) is 4.93. The van der Waals surface area contributed by atoms with Crippen LogP contribution in [0.2, 0.25) is 0 Å². The molecule has 3 rings (SSSR count). The van der Waals surface area contributed by atoms with Crippen molar-refractivity contribution in [2.75, 3.05) is 26.7 Å². The number of likely N-dealkylation sites (tertiary alicyclic amines) is 1. The normalized spacial score (nSPS) is 32.9. The van der Waals surface area contributed by atoms with Gasteiger partial charge in [-0.15, -0.1) is 0 Å². The monoisotopic (exact) mass is 230 g/mol. The molecule has 2 N–H and O–H groups in total. The van der Waals surface area contributed by atoms with Crippen molar-refractivity contribution in [2.24, 2.45) is 11.7 Å². The SMILES string of the molecule is CN1CC[C@]2(CN)c3ccccc3CC[C@@H]2C1. The highest BCUT2D eigenvalue weighted by atomic mass is 15.1. The molecule has 92 valence electrons. The van der Waals surface area contributed by atoms with E-state index in [0.29, 0.717) is 0 Å². The molecule has 0 bridgehead atoms. The van der Waals surface area contributed by atoms with E-state index in [1.807, 2.05) is 0 Å². The fourth-order valence-corrected chi connectivity index (χ4v) is 3.89. The van der Waals surface area contributed by atoms with E-state index in [9.17, 15) is 0 Å². The predicted molar refractivity (Wildman–Crippen MR) is 71.1 cm³/mol. The Morgan fingerprint density at radius 2 is 2.24 bits per heavy atom. The minimum atomic E-state index is 0.265. The molecule has 2 heteroatoms. The fourth-order valence-electron chi connectivity index (χ4n) is 3.89. The standard InChI is InChI=1S/C15H22N2/c1-17-9-8-15(11-16)13(10-17)7-6-12-4-2-3-5-14(12)15/h2-5,13H,6-11,16H2,1H3/t13-,15-/m1/s1. The second-order valence-electron chi connectivity index (χ2n) is 5.77. The molecule has 2 atom stereocenters. The van der Waals surface area contributed by atoms with Crippen LogP contribution in [0, 0.1) is 5.92 Å². The number of rotatable bonds is 1. The van der Waals surface area contributed by atoms with Gasteiger partial charge in [-0.2, -0.15) is 0 Å². The van der Waals surface area contributed by atoms with E-state index in [-0.39, 0.29) is 5.41 Å². The van der Waals surface area contributed by atoms with Crippen LogP contribution < -0.4 is 5.73 Å². The highest BCUT2D eigenvalue weighted by Gasteiger charge is 2.45. The average Bonchev–Trinajstić information content (AvgIpc) is 2.38. The lowest BCUT2D eigenvalue weighted by Gasteiger charge is -2.50. The summed E-state index contributed by atoms with van der Waals surface area (Å²) < 4.78 is 0. The number of benzene rings is 1. The van der Waals surface area contributed by atoms with Crippen LogP contribution in [0.4, 0.5) is 0 Å². The Balaban J connectivity index is 2.06. The van der Waals surface area contributed by atoms with Crippen molar-refractivity contribution in [2.45, 2.75) is 24.7 Å². The van der Waals surface area contributed by atoms with Gasteiger partial charge < -0.3 is 10.6 Å². The van der Waals surface area contributed by atoms with Crippen molar-refractivity contribution in [1.29, 1.82) is 0 Å². The van der Waals surface area contributed by atoms with Crippen LogP contribution in [0.5, 0.6) is 0 Å². The summed E-state index contributed by atoms with van der Waals surface area (Å²) in [6.45, 7) is 3.20. The lowest BCUT2D eigenvalue weighted by Crippen LogP contribution is -2.54. The summed E-state index contributed by atoms with van der Waals surface area (Å²) in [6, 6.07) is 8.95. The minimum Gasteiger partial charge on any atom is -0.330 e. The van der Waals surface area contributed by atoms with Crippen LogP contribution in [0.15, 0.2) is 24.3 Å². The third kappa shape index (κ3) is 1.62. The van der Waals surface area contributed by atoms with Crippen LogP contribution in [0.1, 0.15) is 24.0 Å². The van der Waals surface area contributed by atoms with E-state index in [1.54, 1.807) is 11.1 Å². The van der Waals surface area contributed by atoms with Crippen LogP contribution in [0.3, 0.4) is 0 Å². The van der Waals surface area contributed by atoms with E-state index < -0.39 is 0 Å². The molecule has 1 aliphatic carbocycles. The molecule has 0 spiro atoms. The maximum absolute atomic E-state index is 6.19. The van der Waals surface area contributed by atoms with Crippen molar-refractivity contribution in [3.05, 3.63) is 35.4 Å². The molecule has 0 aromatic heterocycles. The molecule has 1 fully saturated rings. The molecule has 0 saturated carbocycles. The van der Waals surface area contributed by atoms with Crippen molar-refractivity contribution in [3.63, 3.8) is 0 Å². The first-order chi connectivity index (χ1) is 8.26. The molecule has 1 saturated heterocycles. The Morgan fingerprint density at radius 1 is 1.41 bits per heavy atom. The van der Waals surface area contributed by atoms with E-state index in [1.165, 1.54) is 32.4 Å². The van der Waals surface area contributed by atoms with Crippen LogP contribution in [-0.2, 0) is 11.8 Å². The molecule has 0 amide bonds. The molecule has 17 heavy (non-hydrogen) atoms. The quantitative estimate of drug-likeness (QED) is 0.797. The maximum Gasteiger partial charge on any atom is 0.0131 e. The summed E-state index contributed by atoms with van der Waals surface area (Å²) in [7, 11) is 2.24. The molecule has 1 aromatic rings. The largest absolute Gasteiger partial charge is 0.330 e. The first-order valence-corrected chi connectivity index (χ1v) is 6.73. The van der Waals surface area contributed by atoms with Gasteiger partial charge in [0.15, 0.2) is 0 Å². The zero-order chi connectivity index (χ0) is 11.9. The number of hydrogen-bond acceptors (Lipinski definition) is 2. The van der Waals surface area contributed by atoms with Crippen LogP contribution >= 0.6 is 0 Å². The zero-order valence-electron chi connectivity index (χ0n) is 10.7. The van der Waals surface area contributed by atoms with Crippen LogP contribution in [0.25, 0.3) is 0 Å². The van der Waals surface area contributed by atoms with Gasteiger partial charge in [0.2, 0.25) is 0 Å². The van der Waals surface area contributed by atoms with Crippen LogP contribution in [-0.4, -0.2) is 31.6 Å². The number of fused-ring (bicyclic) bond motifs is 3. The second kappa shape index (κ2) is 4.11. The van der Waals surface area contributed by atoms with Gasteiger partial charge in [-0.1, -0.05) is 24.3 Å². The average molecular weight is 230 g/mol. The minimum absolute atomic E-state index is 0.265. The highest BCUT2D eigenvalue weighted by Crippen LogP contribution is 2.45. The van der Waals surface area contributed by atoms with E-state index >= 15 is 0 Å². The predicted octanol–water partition coefficient (Wildman–Crippen LogP) is 1.78. The van der Waals surface area contributed by atoms with Gasteiger partial charge in [-0.25, -0.2) is 0 Å². The number of piperidine rings is 1. The van der Waals surface area contributed by atoms with Crippen molar-refractivity contribution >= 4 is 0 Å². The summed E-state index contributed by atoms with van der Waals surface area (Å²) in [5, 5.41) is 0. The topological polar surface area (TPSA) is 29.3 Å². The molecular weight excluding hydrogens is 208 g/mol. The fraction of sp³-hybridized carbons (Fsp3) is 0.600. The Bertz CT molecular complexity index is 415. The molecule has 0 unspecified atom stereocenters. The Hall–Kier alpha value is -0.860. The van der Waals surface area contributed by atoms with E-state index in [2.05, 4.69) is 36.2 Å². The Labute approximate surface area is 104 Å². The lowest BCUT2D eigenvalue weighted by atomic mass is 9.60. The summed E-state index contributed by atoms with van der Waals surface area (Å²) >= 11 is 0. The van der Waals surface area contributed by atoms with Gasteiger partial charge in [0.1, 0.15) is 0 Å². The number of aryl methyl sites for hydroxylation is 1. The number of hydrogen-bond donors (Lipinski definition) is 1. The summed E-state index contributed by atoms with van der Waals surface area (Å²) in [5.74, 6) is 0.751. The van der Waals surface area contributed by atoms with Gasteiger partial charge in [0.05, 0.1) is 0 Å². The smallest absolute Gasteiger partial charge is 0.0131 e. The van der Waals surface area contributed by atoms with Gasteiger partial charge in [-0.05, 0) is 49.9 Å². The molecule has 0 radical (unpaired) electrons. The molecule has 1 aliphatic heterocycles. The Morgan fingerprint density at radius 3 is 3.06 bits per heavy atom. The van der Waals surface area contributed by atoms with Crippen molar-refractivity contribution in [1.82, 2.24) is 4.90 Å². The summed E-state index contributed by atoms with van der Waals surface area (Å²) in [6.07, 6.45) is 3.76. The maximum atomic E-state index is 6.19. The molecule has 1 aromatic carbocycles. The molecule has 1 heterocycles. The molecular formula is C15H22N2. The van der Waals surface area contributed by atoms with Crippen molar-refractivity contribution in [3.8, 4) is 0 Å². The Kier molecular flexibility index (Phi) is 2.72. The highest BCUT2D eigenvalue weighted by molar-refractivity contribution is 5.39. The molecule has 2 nitrogen and oxygen atoms in total. The lowest BCUT2D eigenvalue weighted by molar-refractivity contribution is 0.0989. The number of nitrogens with zero attached hydrogens (tertiary/aromatic N) is 1. The first-order valence-electron chi connectivity index (χ1n) is 6.73. The summed E-state index contributed by atoms with van der Waals surface area (Å²) in [4.78, 5) is 2.46. The number of nitrogens with two attached hydrogens (primary N) is 1. The van der Waals surface area contributed by atoms with Gasteiger partial charge >= 0.3 is 0 Å². The van der Waals surface area contributed by atoms with E-state index in [0.717, 1.165) is 12.5 Å². The molecule has 2 aliphatic rings. The van der Waals surface area contributed by atoms with Gasteiger partial charge in [-0.3, -0.25) is 0 Å². The van der Waals surface area contributed by atoms with Gasteiger partial charge in [0, 0.05) is 18.5 Å². The third-order valence-electron chi connectivity index (χ3n) is 4.93. The van der Waals surface area contributed by atoms with Gasteiger partial charge in [0.25, 0.3) is 0 Å².